The maximum absolute atomic E-state index is 13.2. The topological polar surface area (TPSA) is 52.6 Å². The van der Waals surface area contributed by atoms with Crippen LogP contribution in [0.2, 0.25) is 10.0 Å². The zero-order chi connectivity index (χ0) is 34.3. The number of nitrogens with zero attached hydrogens (tertiary/aromatic N) is 2. The van der Waals surface area contributed by atoms with Crippen molar-refractivity contribution in [1.82, 2.24) is 15.1 Å². The van der Waals surface area contributed by atoms with Gasteiger partial charge in [-0.05, 0) is 61.1 Å². The first-order chi connectivity index (χ1) is 21.3. The Morgan fingerprint density at radius 3 is 2.24 bits per heavy atom. The summed E-state index contributed by atoms with van der Waals surface area (Å²) in [6, 6.07) is 20.7. The molecular formula is C31H35Cl2N3O2. The third kappa shape index (κ3) is 6.96. The van der Waals surface area contributed by atoms with Crippen molar-refractivity contribution in [2.75, 3.05) is 33.1 Å². The minimum absolute atomic E-state index is 0.0337. The lowest BCUT2D eigenvalue weighted by atomic mass is 9.80. The number of likely N-dealkylation sites (tertiary alicyclic amines) is 1. The highest BCUT2D eigenvalue weighted by Gasteiger charge is 2.37. The maximum Gasteiger partial charge on any atom is 0.253 e. The second kappa shape index (κ2) is 12.8. The molecule has 1 fully saturated rings. The number of hydrogen-bond donors (Lipinski definition) is 1. The van der Waals surface area contributed by atoms with Gasteiger partial charge in [-0.2, -0.15) is 0 Å². The van der Waals surface area contributed by atoms with Gasteiger partial charge in [-0.1, -0.05) is 77.8 Å². The van der Waals surface area contributed by atoms with Gasteiger partial charge in [0.2, 0.25) is 5.91 Å². The second-order valence-electron chi connectivity index (χ2n) is 9.13. The van der Waals surface area contributed by atoms with E-state index in [9.17, 15) is 9.59 Å². The quantitative estimate of drug-likeness (QED) is 0.331. The van der Waals surface area contributed by atoms with E-state index in [1.165, 1.54) is 29.2 Å². The Bertz CT molecular complexity index is 1550. The van der Waals surface area contributed by atoms with Crippen LogP contribution in [0.1, 0.15) is 64.5 Å². The highest BCUT2D eigenvalue weighted by molar-refractivity contribution is 6.42. The molecule has 5 nitrogen and oxygen atoms in total. The lowest BCUT2D eigenvalue weighted by Gasteiger charge is -2.43. The van der Waals surface area contributed by atoms with Gasteiger partial charge >= 0.3 is 0 Å². The molecule has 200 valence electrons. The largest absolute Gasteiger partial charge is 0.347 e. The number of nitrogens with one attached hydrogen (secondary N) is 1. The molecule has 7 heteroatoms. The van der Waals surface area contributed by atoms with Crippen LogP contribution in [0.3, 0.4) is 0 Å². The molecule has 3 aromatic carbocycles. The standard InChI is InChI=1S/C31H35Cl2N3O2/c1-23(37)34-31(27-11-7-4-8-12-27)16-19-36(20-17-31)18-15-26(25-13-14-28(32)29(33)21-25)22-35(2)30(38)24-9-5-3-6-10-24/h3-14,21,26H,15-20,22H2,1-2H3,(H,34,37)/t26-/m1/s1/i16D2,17D2,19D2,20D2. The maximum atomic E-state index is 13.2. The zero-order valence-electron chi connectivity index (χ0n) is 29.2. The molecule has 0 saturated carbocycles. The number of amides is 2. The van der Waals surface area contributed by atoms with E-state index < -0.39 is 49.6 Å². The summed E-state index contributed by atoms with van der Waals surface area (Å²) < 4.78 is 72.8. The summed E-state index contributed by atoms with van der Waals surface area (Å²) in [5, 5.41) is 2.84. The van der Waals surface area contributed by atoms with E-state index in [1.54, 1.807) is 61.6 Å². The molecule has 1 atom stereocenters. The number of halogens is 2. The Balaban J connectivity index is 1.77. The third-order valence-electron chi connectivity index (χ3n) is 6.30. The fraction of sp³-hybridized carbons (Fsp3) is 0.355. The summed E-state index contributed by atoms with van der Waals surface area (Å²) in [5.74, 6) is -1.72. The van der Waals surface area contributed by atoms with Crippen LogP contribution in [0.4, 0.5) is 0 Å². The molecule has 4 rings (SSSR count). The van der Waals surface area contributed by atoms with Gasteiger partial charge in [0.25, 0.3) is 5.91 Å². The lowest BCUT2D eigenvalue weighted by molar-refractivity contribution is -0.121. The van der Waals surface area contributed by atoms with E-state index in [0.717, 1.165) is 6.92 Å². The van der Waals surface area contributed by atoms with Crippen molar-refractivity contribution in [3.63, 3.8) is 0 Å². The molecule has 0 radical (unpaired) electrons. The monoisotopic (exact) mass is 559 g/mol. The number of benzene rings is 3. The van der Waals surface area contributed by atoms with Crippen molar-refractivity contribution in [3.8, 4) is 0 Å². The van der Waals surface area contributed by atoms with Crippen LogP contribution >= 0.6 is 23.2 Å². The number of carbonyl (C=O) groups is 2. The molecule has 0 spiro atoms. The highest BCUT2D eigenvalue weighted by atomic mass is 35.5. The molecule has 0 unspecified atom stereocenters. The Morgan fingerprint density at radius 1 is 1.00 bits per heavy atom. The average Bonchev–Trinajstić information content (AvgIpc) is 3.00. The molecule has 1 aliphatic heterocycles. The molecule has 38 heavy (non-hydrogen) atoms. The summed E-state index contributed by atoms with van der Waals surface area (Å²) in [5.41, 5.74) is -1.83. The molecule has 1 aliphatic rings. The first-order valence-electron chi connectivity index (χ1n) is 16.2. The molecular weight excluding hydrogens is 517 g/mol. The van der Waals surface area contributed by atoms with Gasteiger partial charge in [-0.3, -0.25) is 9.59 Å². The van der Waals surface area contributed by atoms with Gasteiger partial charge in [0.05, 0.1) is 15.6 Å². The van der Waals surface area contributed by atoms with E-state index in [2.05, 4.69) is 5.32 Å². The molecule has 0 aromatic heterocycles. The van der Waals surface area contributed by atoms with Crippen LogP contribution in [-0.4, -0.2) is 54.7 Å². The van der Waals surface area contributed by atoms with E-state index in [1.807, 2.05) is 0 Å². The van der Waals surface area contributed by atoms with Crippen molar-refractivity contribution in [2.24, 2.45) is 0 Å². The van der Waals surface area contributed by atoms with Gasteiger partial charge < -0.3 is 15.1 Å². The molecule has 3 aromatic rings. The summed E-state index contributed by atoms with van der Waals surface area (Å²) in [7, 11) is 1.60. The molecule has 0 bridgehead atoms. The summed E-state index contributed by atoms with van der Waals surface area (Å²) in [6.07, 6.45) is -6.45. The van der Waals surface area contributed by atoms with Crippen LogP contribution in [0.15, 0.2) is 78.9 Å². The van der Waals surface area contributed by atoms with Crippen molar-refractivity contribution in [3.05, 3.63) is 106 Å². The minimum atomic E-state index is -3.21. The average molecular weight is 561 g/mol. The van der Waals surface area contributed by atoms with Crippen LogP contribution in [0.5, 0.6) is 0 Å². The first-order valence-corrected chi connectivity index (χ1v) is 13.0. The lowest BCUT2D eigenvalue weighted by Crippen LogP contribution is -2.52. The number of rotatable bonds is 9. The predicted molar refractivity (Wildman–Crippen MR) is 155 cm³/mol. The minimum Gasteiger partial charge on any atom is -0.347 e. The van der Waals surface area contributed by atoms with Gasteiger partial charge in [0.1, 0.15) is 0 Å². The Morgan fingerprint density at radius 2 is 1.63 bits per heavy atom. The van der Waals surface area contributed by atoms with Crippen molar-refractivity contribution in [2.45, 2.75) is 37.5 Å². The SMILES string of the molecule is [2H]C1([2H])N(CC[C@H](CN(C)C(=O)c2ccccc2)c2ccc(Cl)c(Cl)c2)C([2H])([2H])C([2H])([2H])C(NC(C)=O)(c2ccccc2)C1([2H])[2H]. The first kappa shape index (κ1) is 19.2. The zero-order valence-corrected chi connectivity index (χ0v) is 22.7. The third-order valence-corrected chi connectivity index (χ3v) is 7.04. The normalized spacial score (nSPS) is 24.4. The summed E-state index contributed by atoms with van der Waals surface area (Å²) in [4.78, 5) is 27.7. The van der Waals surface area contributed by atoms with Crippen molar-refractivity contribution in [1.29, 1.82) is 0 Å². The van der Waals surface area contributed by atoms with Crippen molar-refractivity contribution >= 4 is 35.0 Å². The second-order valence-corrected chi connectivity index (χ2v) is 9.95. The van der Waals surface area contributed by atoms with E-state index in [-0.39, 0.29) is 34.5 Å². The van der Waals surface area contributed by atoms with E-state index in [0.29, 0.717) is 16.0 Å². The Kier molecular flexibility index (Phi) is 6.48. The fourth-order valence-corrected chi connectivity index (χ4v) is 4.64. The fourth-order valence-electron chi connectivity index (χ4n) is 4.33. The number of likely N-dealkylation sites (N-methyl/N-ethyl adjacent to an activating group) is 1. The smallest absolute Gasteiger partial charge is 0.253 e. The Hall–Kier alpha value is -2.86. The Labute approximate surface area is 247 Å². The van der Waals surface area contributed by atoms with E-state index in [4.69, 9.17) is 34.2 Å². The molecule has 2 amide bonds. The van der Waals surface area contributed by atoms with Gasteiger partial charge in [0.15, 0.2) is 0 Å². The van der Waals surface area contributed by atoms with Crippen LogP contribution in [0.25, 0.3) is 0 Å². The molecule has 0 aliphatic carbocycles. The van der Waals surface area contributed by atoms with Crippen LogP contribution < -0.4 is 5.32 Å². The van der Waals surface area contributed by atoms with E-state index >= 15 is 0 Å². The highest BCUT2D eigenvalue weighted by Crippen LogP contribution is 2.34. The molecule has 1 N–H and O–H groups in total. The van der Waals surface area contributed by atoms with Crippen molar-refractivity contribution < 1.29 is 20.6 Å². The van der Waals surface area contributed by atoms with Gasteiger partial charge in [0, 0.05) is 56.0 Å². The number of hydrogen-bond acceptors (Lipinski definition) is 3. The summed E-state index contributed by atoms with van der Waals surface area (Å²) >= 11 is 12.5. The number of carbonyl (C=O) groups excluding carboxylic acids is 2. The molecule has 1 saturated heterocycles. The number of piperidine rings is 1. The van der Waals surface area contributed by atoms with Gasteiger partial charge in [-0.15, -0.1) is 0 Å². The van der Waals surface area contributed by atoms with Crippen LogP contribution in [-0.2, 0) is 10.3 Å². The molecule has 1 heterocycles. The van der Waals surface area contributed by atoms with Gasteiger partial charge in [-0.25, -0.2) is 0 Å². The van der Waals surface area contributed by atoms with Crippen LogP contribution in [0, 0.1) is 0 Å². The predicted octanol–water partition coefficient (Wildman–Crippen LogP) is 6.37. The summed E-state index contributed by atoms with van der Waals surface area (Å²) in [6.45, 7) is -5.65.